The fourth-order valence-corrected chi connectivity index (χ4v) is 3.68. The lowest BCUT2D eigenvalue weighted by atomic mass is 10.1. The Morgan fingerprint density at radius 3 is 2.59 bits per heavy atom. The van der Waals surface area contributed by atoms with Crippen molar-refractivity contribution in [3.05, 3.63) is 69.6 Å². The Morgan fingerprint density at radius 1 is 1.04 bits per heavy atom. The third kappa shape index (κ3) is 5.07. The van der Waals surface area contributed by atoms with Gasteiger partial charge in [-0.25, -0.2) is 0 Å². The lowest BCUT2D eigenvalue weighted by molar-refractivity contribution is 0.0750. The Labute approximate surface area is 161 Å². The van der Waals surface area contributed by atoms with Crippen molar-refractivity contribution in [1.82, 2.24) is 14.4 Å². The summed E-state index contributed by atoms with van der Waals surface area (Å²) in [5, 5.41) is 0. The molecule has 1 aliphatic heterocycles. The molecule has 1 saturated heterocycles. The van der Waals surface area contributed by atoms with Gasteiger partial charge in [-0.05, 0) is 44.8 Å². The Hall–Kier alpha value is -2.40. The number of aromatic nitrogens is 1. The van der Waals surface area contributed by atoms with Crippen LogP contribution in [0.3, 0.4) is 0 Å². The van der Waals surface area contributed by atoms with E-state index in [-0.39, 0.29) is 11.3 Å². The first kappa shape index (κ1) is 19.4. The molecule has 1 aliphatic rings. The van der Waals surface area contributed by atoms with Gasteiger partial charge in [0.05, 0.1) is 0 Å². The lowest BCUT2D eigenvalue weighted by Crippen LogP contribution is -2.37. The van der Waals surface area contributed by atoms with E-state index in [9.17, 15) is 9.59 Å². The van der Waals surface area contributed by atoms with Crippen molar-refractivity contribution in [3.63, 3.8) is 0 Å². The number of hydrogen-bond acceptors (Lipinski definition) is 3. The van der Waals surface area contributed by atoms with Gasteiger partial charge < -0.3 is 14.4 Å². The van der Waals surface area contributed by atoms with E-state index < -0.39 is 0 Å². The van der Waals surface area contributed by atoms with Gasteiger partial charge in [-0.3, -0.25) is 9.59 Å². The summed E-state index contributed by atoms with van der Waals surface area (Å²) in [5.41, 5.74) is 2.57. The van der Waals surface area contributed by atoms with Crippen molar-refractivity contribution >= 4 is 5.91 Å². The van der Waals surface area contributed by atoms with Crippen LogP contribution < -0.4 is 5.43 Å². The number of amides is 1. The zero-order valence-electron chi connectivity index (χ0n) is 16.4. The molecular formula is C22H29N3O2. The third-order valence-corrected chi connectivity index (χ3v) is 5.40. The van der Waals surface area contributed by atoms with Gasteiger partial charge in [0, 0.05) is 44.5 Å². The van der Waals surface area contributed by atoms with Gasteiger partial charge >= 0.3 is 0 Å². The molecule has 5 heteroatoms. The monoisotopic (exact) mass is 367 g/mol. The number of rotatable bonds is 5. The smallest absolute Gasteiger partial charge is 0.270 e. The molecular weight excluding hydrogens is 338 g/mol. The topological polar surface area (TPSA) is 45.6 Å². The van der Waals surface area contributed by atoms with Crippen LogP contribution in [-0.2, 0) is 13.5 Å². The molecule has 2 heterocycles. The number of benzene rings is 1. The first-order chi connectivity index (χ1) is 13.0. The highest BCUT2D eigenvalue weighted by atomic mass is 16.2. The Morgan fingerprint density at radius 2 is 1.81 bits per heavy atom. The predicted octanol–water partition coefficient (Wildman–Crippen LogP) is 2.47. The lowest BCUT2D eigenvalue weighted by Gasteiger charge is -2.23. The molecule has 144 valence electrons. The molecule has 2 aromatic rings. The molecule has 0 N–H and O–H groups in total. The van der Waals surface area contributed by atoms with Gasteiger partial charge in [0.2, 0.25) is 0 Å². The molecule has 1 amide bonds. The van der Waals surface area contributed by atoms with Crippen LogP contribution in [0.15, 0.2) is 47.3 Å². The third-order valence-electron chi connectivity index (χ3n) is 5.40. The summed E-state index contributed by atoms with van der Waals surface area (Å²) in [6.07, 6.45) is 3.19. The summed E-state index contributed by atoms with van der Waals surface area (Å²) < 4.78 is 1.81. The minimum absolute atomic E-state index is 0.0376. The van der Waals surface area contributed by atoms with Crippen molar-refractivity contribution in [2.75, 3.05) is 32.7 Å². The number of hydrogen-bond donors (Lipinski definition) is 0. The van der Waals surface area contributed by atoms with E-state index in [0.717, 1.165) is 51.1 Å². The second-order valence-corrected chi connectivity index (χ2v) is 7.35. The van der Waals surface area contributed by atoms with E-state index >= 15 is 0 Å². The molecule has 0 atom stereocenters. The molecule has 1 aromatic heterocycles. The number of nitrogens with zero attached hydrogens (tertiary/aromatic N) is 3. The summed E-state index contributed by atoms with van der Waals surface area (Å²) in [6, 6.07) is 13.6. The van der Waals surface area contributed by atoms with Crippen LogP contribution in [0.4, 0.5) is 0 Å². The predicted molar refractivity (Wildman–Crippen MR) is 108 cm³/mol. The van der Waals surface area contributed by atoms with Gasteiger partial charge in [-0.2, -0.15) is 0 Å². The second-order valence-electron chi connectivity index (χ2n) is 7.35. The largest absolute Gasteiger partial charge is 0.344 e. The molecule has 5 nitrogen and oxygen atoms in total. The average molecular weight is 367 g/mol. The molecule has 27 heavy (non-hydrogen) atoms. The summed E-state index contributed by atoms with van der Waals surface area (Å²) in [5.74, 6) is -0.0376. The highest BCUT2D eigenvalue weighted by molar-refractivity contribution is 5.92. The van der Waals surface area contributed by atoms with Gasteiger partial charge in [-0.15, -0.1) is 0 Å². The fraction of sp³-hybridized carbons (Fsp3) is 0.455. The van der Waals surface area contributed by atoms with Crippen molar-refractivity contribution in [2.45, 2.75) is 26.2 Å². The van der Waals surface area contributed by atoms with Crippen LogP contribution in [0.25, 0.3) is 0 Å². The van der Waals surface area contributed by atoms with Crippen molar-refractivity contribution < 1.29 is 4.79 Å². The zero-order chi connectivity index (χ0) is 19.2. The van der Waals surface area contributed by atoms with E-state index in [1.54, 1.807) is 6.07 Å². The van der Waals surface area contributed by atoms with Crippen LogP contribution in [0, 0.1) is 6.92 Å². The minimum atomic E-state index is -0.105. The molecule has 0 radical (unpaired) electrons. The number of pyridine rings is 1. The highest BCUT2D eigenvalue weighted by Gasteiger charge is 2.22. The first-order valence-corrected chi connectivity index (χ1v) is 9.78. The van der Waals surface area contributed by atoms with Gasteiger partial charge in [-0.1, -0.05) is 30.3 Å². The van der Waals surface area contributed by atoms with Crippen LogP contribution in [0.5, 0.6) is 0 Å². The first-order valence-electron chi connectivity index (χ1n) is 9.78. The van der Waals surface area contributed by atoms with Crippen LogP contribution in [0.2, 0.25) is 0 Å². The summed E-state index contributed by atoms with van der Waals surface area (Å²) >= 11 is 0. The quantitative estimate of drug-likeness (QED) is 0.816. The molecule has 0 saturated carbocycles. The number of carbonyl (C=O) groups is 1. The summed E-state index contributed by atoms with van der Waals surface area (Å²) in [7, 11) is 1.84. The molecule has 0 unspecified atom stereocenters. The molecule has 0 bridgehead atoms. The van der Waals surface area contributed by atoms with Crippen LogP contribution >= 0.6 is 0 Å². The molecule has 1 aromatic carbocycles. The van der Waals surface area contributed by atoms with Gasteiger partial charge in [0.1, 0.15) is 5.69 Å². The summed E-state index contributed by atoms with van der Waals surface area (Å²) in [6.45, 7) is 6.28. The molecule has 1 fully saturated rings. The molecule has 0 spiro atoms. The highest BCUT2D eigenvalue weighted by Crippen LogP contribution is 2.11. The SMILES string of the molecule is Cc1cc(=O)cc(C(=O)N2CCCN(CCCc3ccccc3)CC2)n1C. The number of carbonyl (C=O) groups excluding carboxylic acids is 1. The van der Waals surface area contributed by atoms with Crippen molar-refractivity contribution in [2.24, 2.45) is 7.05 Å². The van der Waals surface area contributed by atoms with E-state index in [0.29, 0.717) is 12.2 Å². The maximum Gasteiger partial charge on any atom is 0.270 e. The molecule has 0 aliphatic carbocycles. The normalized spacial score (nSPS) is 15.6. The van der Waals surface area contributed by atoms with E-state index in [2.05, 4.69) is 29.2 Å². The van der Waals surface area contributed by atoms with Crippen LogP contribution in [0.1, 0.15) is 34.6 Å². The van der Waals surface area contributed by atoms with Gasteiger partial charge in [0.15, 0.2) is 5.43 Å². The van der Waals surface area contributed by atoms with Crippen molar-refractivity contribution in [3.8, 4) is 0 Å². The molecule has 3 rings (SSSR count). The maximum atomic E-state index is 12.9. The average Bonchev–Trinajstić information content (AvgIpc) is 2.91. The standard InChI is InChI=1S/C22H29N3O2/c1-18-16-20(26)17-21(23(18)2)22(27)25-13-7-12-24(14-15-25)11-6-10-19-8-4-3-5-9-19/h3-5,8-9,16-17H,6-7,10-15H2,1-2H3. The zero-order valence-corrected chi connectivity index (χ0v) is 16.4. The van der Waals surface area contributed by atoms with E-state index in [1.165, 1.54) is 11.6 Å². The van der Waals surface area contributed by atoms with E-state index in [1.807, 2.05) is 29.5 Å². The minimum Gasteiger partial charge on any atom is -0.344 e. The van der Waals surface area contributed by atoms with Crippen molar-refractivity contribution in [1.29, 1.82) is 0 Å². The van der Waals surface area contributed by atoms with Gasteiger partial charge in [0.25, 0.3) is 5.91 Å². The van der Waals surface area contributed by atoms with Crippen LogP contribution in [-0.4, -0.2) is 53.0 Å². The fourth-order valence-electron chi connectivity index (χ4n) is 3.68. The Kier molecular flexibility index (Phi) is 6.45. The maximum absolute atomic E-state index is 12.9. The van der Waals surface area contributed by atoms with E-state index in [4.69, 9.17) is 0 Å². The Bertz CT molecular complexity index is 829. The second kappa shape index (κ2) is 9.00. The summed E-state index contributed by atoms with van der Waals surface area (Å²) in [4.78, 5) is 29.1. The number of aryl methyl sites for hydroxylation is 2. The Balaban J connectivity index is 1.55.